The molecule has 0 amide bonds. The van der Waals surface area contributed by atoms with Gasteiger partial charge in [-0.05, 0) is 38.1 Å². The minimum absolute atomic E-state index is 0.251. The topological polar surface area (TPSA) is 37.4 Å². The van der Waals surface area contributed by atoms with Gasteiger partial charge in [-0.25, -0.2) is 4.98 Å². The molecular weight excluding hydrogens is 283 g/mol. The number of halogens is 3. The van der Waals surface area contributed by atoms with E-state index in [2.05, 4.69) is 10.3 Å². The number of piperidine rings is 1. The second-order valence-electron chi connectivity index (χ2n) is 5.60. The van der Waals surface area contributed by atoms with Gasteiger partial charge in [-0.3, -0.25) is 0 Å². The Morgan fingerprint density at radius 3 is 2.76 bits per heavy atom. The number of nitrogens with one attached hydrogen (secondary N) is 1. The van der Waals surface area contributed by atoms with E-state index in [1.807, 2.05) is 4.90 Å². The molecule has 1 N–H and O–H groups in total. The number of pyridine rings is 1. The van der Waals surface area contributed by atoms with Crippen LogP contribution in [-0.4, -0.2) is 43.4 Å². The lowest BCUT2D eigenvalue weighted by molar-refractivity contribution is -0.137. The van der Waals surface area contributed by atoms with E-state index in [0.717, 1.165) is 38.1 Å². The Labute approximate surface area is 121 Å². The van der Waals surface area contributed by atoms with Crippen molar-refractivity contribution in [1.29, 1.82) is 0 Å². The van der Waals surface area contributed by atoms with Crippen molar-refractivity contribution in [1.82, 2.24) is 10.3 Å². The highest BCUT2D eigenvalue weighted by Crippen LogP contribution is 2.33. The van der Waals surface area contributed by atoms with E-state index in [1.165, 1.54) is 6.20 Å². The van der Waals surface area contributed by atoms with Crippen molar-refractivity contribution < 1.29 is 17.9 Å². The lowest BCUT2D eigenvalue weighted by Crippen LogP contribution is -2.56. The zero-order chi connectivity index (χ0) is 14.9. The summed E-state index contributed by atoms with van der Waals surface area (Å²) in [5.74, 6) is 0.381. The van der Waals surface area contributed by atoms with Crippen LogP contribution in [0.4, 0.5) is 19.0 Å². The third-order valence-corrected chi connectivity index (χ3v) is 4.16. The lowest BCUT2D eigenvalue weighted by Gasteiger charge is -2.45. The first-order valence-electron chi connectivity index (χ1n) is 7.11. The molecule has 7 heteroatoms. The molecule has 3 heterocycles. The van der Waals surface area contributed by atoms with Crippen molar-refractivity contribution in [2.45, 2.75) is 24.6 Å². The zero-order valence-electron chi connectivity index (χ0n) is 11.6. The number of ether oxygens (including phenoxy) is 1. The molecular formula is C14H18F3N3O. The highest BCUT2D eigenvalue weighted by atomic mass is 19.4. The first-order valence-corrected chi connectivity index (χ1v) is 7.11. The Balaban J connectivity index is 1.80. The number of hydrogen-bond acceptors (Lipinski definition) is 4. The SMILES string of the molecule is FC(F)(F)c1ccnc(N2CCOC3(CCNCC3)C2)c1. The number of anilines is 1. The summed E-state index contributed by atoms with van der Waals surface area (Å²) in [5, 5.41) is 3.28. The van der Waals surface area contributed by atoms with Crippen LogP contribution in [0.25, 0.3) is 0 Å². The number of morpholine rings is 1. The van der Waals surface area contributed by atoms with Crippen molar-refractivity contribution in [2.75, 3.05) is 37.7 Å². The van der Waals surface area contributed by atoms with Gasteiger partial charge in [-0.1, -0.05) is 0 Å². The number of hydrogen-bond donors (Lipinski definition) is 1. The van der Waals surface area contributed by atoms with Crippen LogP contribution in [0, 0.1) is 0 Å². The number of nitrogens with zero attached hydrogens (tertiary/aromatic N) is 2. The monoisotopic (exact) mass is 301 g/mol. The second-order valence-corrected chi connectivity index (χ2v) is 5.60. The van der Waals surface area contributed by atoms with Crippen molar-refractivity contribution in [2.24, 2.45) is 0 Å². The van der Waals surface area contributed by atoms with E-state index < -0.39 is 11.7 Å². The van der Waals surface area contributed by atoms with Gasteiger partial charge in [0, 0.05) is 19.3 Å². The summed E-state index contributed by atoms with van der Waals surface area (Å²) in [5.41, 5.74) is -0.905. The van der Waals surface area contributed by atoms with E-state index in [1.54, 1.807) is 0 Å². The van der Waals surface area contributed by atoms with Gasteiger partial charge in [0.05, 0.1) is 17.8 Å². The van der Waals surface area contributed by atoms with Gasteiger partial charge in [0.15, 0.2) is 0 Å². The summed E-state index contributed by atoms with van der Waals surface area (Å²) in [6.07, 6.45) is -1.36. The molecule has 1 aromatic heterocycles. The van der Waals surface area contributed by atoms with Gasteiger partial charge < -0.3 is 15.0 Å². The molecule has 2 fully saturated rings. The molecule has 0 unspecified atom stereocenters. The Morgan fingerprint density at radius 2 is 2.05 bits per heavy atom. The van der Waals surface area contributed by atoms with Crippen molar-refractivity contribution in [3.8, 4) is 0 Å². The van der Waals surface area contributed by atoms with Crippen LogP contribution in [0.15, 0.2) is 18.3 Å². The fourth-order valence-electron chi connectivity index (χ4n) is 2.99. The standard InChI is InChI=1S/C14H18F3N3O/c15-14(16,17)11-1-4-19-12(9-11)20-7-8-21-13(10-20)2-5-18-6-3-13/h1,4,9,18H,2-3,5-8,10H2. The number of aromatic nitrogens is 1. The first-order chi connectivity index (χ1) is 9.99. The van der Waals surface area contributed by atoms with Crippen LogP contribution in [0.3, 0.4) is 0 Å². The Bertz CT molecular complexity index is 495. The zero-order valence-corrected chi connectivity index (χ0v) is 11.6. The highest BCUT2D eigenvalue weighted by Gasteiger charge is 2.39. The van der Waals surface area contributed by atoms with E-state index in [4.69, 9.17) is 4.74 Å². The minimum atomic E-state index is -4.34. The molecule has 1 spiro atoms. The molecule has 0 saturated carbocycles. The third kappa shape index (κ3) is 3.13. The molecule has 2 saturated heterocycles. The second kappa shape index (κ2) is 5.46. The maximum absolute atomic E-state index is 12.8. The van der Waals surface area contributed by atoms with Gasteiger partial charge >= 0.3 is 6.18 Å². The van der Waals surface area contributed by atoms with Gasteiger partial charge in [0.25, 0.3) is 0 Å². The van der Waals surface area contributed by atoms with Crippen LogP contribution < -0.4 is 10.2 Å². The summed E-state index contributed by atoms with van der Waals surface area (Å²) in [6.45, 7) is 3.46. The number of rotatable bonds is 1. The molecule has 1 aromatic rings. The molecule has 3 rings (SSSR count). The summed E-state index contributed by atoms with van der Waals surface area (Å²) in [6, 6.07) is 2.13. The molecule has 0 aromatic carbocycles. The van der Waals surface area contributed by atoms with E-state index in [-0.39, 0.29) is 5.60 Å². The summed E-state index contributed by atoms with van der Waals surface area (Å²) < 4.78 is 44.3. The summed E-state index contributed by atoms with van der Waals surface area (Å²) in [7, 11) is 0. The summed E-state index contributed by atoms with van der Waals surface area (Å²) in [4.78, 5) is 6.02. The molecule has 21 heavy (non-hydrogen) atoms. The molecule has 4 nitrogen and oxygen atoms in total. The highest BCUT2D eigenvalue weighted by molar-refractivity contribution is 5.43. The molecule has 116 valence electrons. The van der Waals surface area contributed by atoms with Gasteiger partial charge in [-0.15, -0.1) is 0 Å². The fraction of sp³-hybridized carbons (Fsp3) is 0.643. The van der Waals surface area contributed by atoms with Gasteiger partial charge in [0.1, 0.15) is 5.82 Å². The van der Waals surface area contributed by atoms with Crippen LogP contribution in [-0.2, 0) is 10.9 Å². The molecule has 2 aliphatic heterocycles. The predicted molar refractivity (Wildman–Crippen MR) is 72.2 cm³/mol. The van der Waals surface area contributed by atoms with Crippen molar-refractivity contribution in [3.05, 3.63) is 23.9 Å². The van der Waals surface area contributed by atoms with Gasteiger partial charge in [0.2, 0.25) is 0 Å². The number of alkyl halides is 3. The van der Waals surface area contributed by atoms with Crippen LogP contribution in [0.5, 0.6) is 0 Å². The normalized spacial score (nSPS) is 22.5. The van der Waals surface area contributed by atoms with E-state index >= 15 is 0 Å². The lowest BCUT2D eigenvalue weighted by atomic mass is 9.90. The Hall–Kier alpha value is -1.34. The van der Waals surface area contributed by atoms with Gasteiger partial charge in [-0.2, -0.15) is 13.2 Å². The molecule has 0 atom stereocenters. The van der Waals surface area contributed by atoms with Crippen molar-refractivity contribution >= 4 is 5.82 Å². The average Bonchev–Trinajstić information content (AvgIpc) is 2.47. The van der Waals surface area contributed by atoms with Crippen LogP contribution >= 0.6 is 0 Å². The minimum Gasteiger partial charge on any atom is -0.371 e. The van der Waals surface area contributed by atoms with Crippen LogP contribution in [0.1, 0.15) is 18.4 Å². The predicted octanol–water partition coefficient (Wildman–Crippen LogP) is 2.06. The molecule has 0 bridgehead atoms. The molecule has 0 aliphatic carbocycles. The maximum Gasteiger partial charge on any atom is 0.416 e. The molecule has 2 aliphatic rings. The quantitative estimate of drug-likeness (QED) is 0.861. The smallest absolute Gasteiger partial charge is 0.371 e. The van der Waals surface area contributed by atoms with E-state index in [0.29, 0.717) is 25.5 Å². The Morgan fingerprint density at radius 1 is 1.29 bits per heavy atom. The fourth-order valence-corrected chi connectivity index (χ4v) is 2.99. The first kappa shape index (κ1) is 14.6. The summed E-state index contributed by atoms with van der Waals surface area (Å²) >= 11 is 0. The largest absolute Gasteiger partial charge is 0.416 e. The third-order valence-electron chi connectivity index (χ3n) is 4.16. The average molecular weight is 301 g/mol. The maximum atomic E-state index is 12.8. The molecule has 0 radical (unpaired) electrons. The Kier molecular flexibility index (Phi) is 3.79. The van der Waals surface area contributed by atoms with Crippen molar-refractivity contribution in [3.63, 3.8) is 0 Å². The van der Waals surface area contributed by atoms with Crippen LogP contribution in [0.2, 0.25) is 0 Å². The van der Waals surface area contributed by atoms with E-state index in [9.17, 15) is 13.2 Å².